The Morgan fingerprint density at radius 1 is 1.19 bits per heavy atom. The van der Waals surface area contributed by atoms with E-state index in [1.807, 2.05) is 0 Å². The summed E-state index contributed by atoms with van der Waals surface area (Å²) in [6.45, 7) is 0. The van der Waals surface area contributed by atoms with Crippen LogP contribution < -0.4 is 5.32 Å². The topological polar surface area (TPSA) is 49.3 Å². The predicted molar refractivity (Wildman–Crippen MR) is 63.3 cm³/mol. The van der Waals surface area contributed by atoms with Gasteiger partial charge in [-0.05, 0) is 44.9 Å². The Balaban J connectivity index is 1.74. The molecule has 1 atom stereocenters. The lowest BCUT2D eigenvalue weighted by Gasteiger charge is -2.30. The van der Waals surface area contributed by atoms with Crippen LogP contribution in [0, 0.1) is 5.92 Å². The smallest absolute Gasteiger partial charge is 0.306 e. The lowest BCUT2D eigenvalue weighted by Crippen LogP contribution is -2.41. The molecule has 0 saturated heterocycles. The molecule has 90 valence electrons. The third kappa shape index (κ3) is 3.08. The van der Waals surface area contributed by atoms with Gasteiger partial charge < -0.3 is 10.4 Å². The molecule has 1 saturated carbocycles. The molecule has 2 aliphatic carbocycles. The van der Waals surface area contributed by atoms with Gasteiger partial charge in [-0.1, -0.05) is 12.2 Å². The van der Waals surface area contributed by atoms with Crippen LogP contribution in [0.2, 0.25) is 0 Å². The predicted octanol–water partition coefficient (Wildman–Crippen LogP) is 2.33. The fourth-order valence-corrected chi connectivity index (χ4v) is 2.76. The first kappa shape index (κ1) is 11.6. The number of nitrogens with one attached hydrogen (secondary N) is 1. The molecule has 3 heteroatoms. The van der Waals surface area contributed by atoms with Crippen molar-refractivity contribution in [3.8, 4) is 0 Å². The molecule has 2 aliphatic rings. The first-order valence-electron chi connectivity index (χ1n) is 6.41. The van der Waals surface area contributed by atoms with Gasteiger partial charge in [-0.25, -0.2) is 0 Å². The Hall–Kier alpha value is -0.830. The maximum atomic E-state index is 10.8. The van der Waals surface area contributed by atoms with Crippen LogP contribution in [-0.2, 0) is 4.79 Å². The highest BCUT2D eigenvalue weighted by molar-refractivity contribution is 5.70. The minimum absolute atomic E-state index is 0.0973. The molecule has 0 aromatic heterocycles. The number of hydrogen-bond donors (Lipinski definition) is 2. The number of aliphatic carboxylic acids is 1. The molecule has 0 amide bonds. The molecule has 0 heterocycles. The van der Waals surface area contributed by atoms with Crippen LogP contribution >= 0.6 is 0 Å². The summed E-state index contributed by atoms with van der Waals surface area (Å²) in [6.07, 6.45) is 11.9. The summed E-state index contributed by atoms with van der Waals surface area (Å²) in [4.78, 5) is 10.8. The maximum absolute atomic E-state index is 10.8. The van der Waals surface area contributed by atoms with Crippen LogP contribution in [0.1, 0.15) is 44.9 Å². The van der Waals surface area contributed by atoms with E-state index in [9.17, 15) is 4.79 Å². The van der Waals surface area contributed by atoms with E-state index in [-0.39, 0.29) is 5.92 Å². The summed E-state index contributed by atoms with van der Waals surface area (Å²) in [6, 6.07) is 1.06. The Kier molecular flexibility index (Phi) is 3.99. The van der Waals surface area contributed by atoms with Gasteiger partial charge in [0, 0.05) is 12.1 Å². The van der Waals surface area contributed by atoms with Crippen molar-refractivity contribution in [2.75, 3.05) is 0 Å². The number of rotatable bonds is 3. The van der Waals surface area contributed by atoms with Crippen molar-refractivity contribution in [3.63, 3.8) is 0 Å². The number of carboxylic acid groups (broad SMARTS) is 1. The Bertz CT molecular complexity index is 267. The molecule has 1 unspecified atom stereocenters. The van der Waals surface area contributed by atoms with Crippen molar-refractivity contribution in [2.24, 2.45) is 5.92 Å². The fraction of sp³-hybridized carbons (Fsp3) is 0.769. The molecular weight excluding hydrogens is 202 g/mol. The van der Waals surface area contributed by atoms with Gasteiger partial charge in [0.2, 0.25) is 0 Å². The number of allylic oxidation sites excluding steroid dienone is 1. The zero-order chi connectivity index (χ0) is 11.4. The van der Waals surface area contributed by atoms with E-state index in [1.54, 1.807) is 0 Å². The third-order valence-corrected chi connectivity index (χ3v) is 3.78. The van der Waals surface area contributed by atoms with Crippen molar-refractivity contribution >= 4 is 5.97 Å². The van der Waals surface area contributed by atoms with Gasteiger partial charge in [-0.3, -0.25) is 4.79 Å². The monoisotopic (exact) mass is 223 g/mol. The van der Waals surface area contributed by atoms with E-state index in [0.717, 1.165) is 25.7 Å². The van der Waals surface area contributed by atoms with E-state index < -0.39 is 5.97 Å². The average Bonchev–Trinajstić information content (AvgIpc) is 2.31. The van der Waals surface area contributed by atoms with Gasteiger partial charge in [0.1, 0.15) is 0 Å². The van der Waals surface area contributed by atoms with Crippen LogP contribution in [0.5, 0.6) is 0 Å². The van der Waals surface area contributed by atoms with Gasteiger partial charge in [0.05, 0.1) is 5.92 Å². The molecule has 1 fully saturated rings. The van der Waals surface area contributed by atoms with Crippen molar-refractivity contribution in [1.29, 1.82) is 0 Å². The SMILES string of the molecule is O=C(O)C1CCC(NC2C=CCCC2)CC1. The molecule has 0 aromatic carbocycles. The summed E-state index contributed by atoms with van der Waals surface area (Å²) >= 11 is 0. The Morgan fingerprint density at radius 2 is 1.94 bits per heavy atom. The Morgan fingerprint density at radius 3 is 2.50 bits per heavy atom. The largest absolute Gasteiger partial charge is 0.481 e. The van der Waals surface area contributed by atoms with Gasteiger partial charge >= 0.3 is 5.97 Å². The lowest BCUT2D eigenvalue weighted by molar-refractivity contribution is -0.142. The molecule has 2 rings (SSSR count). The van der Waals surface area contributed by atoms with E-state index in [4.69, 9.17) is 5.11 Å². The zero-order valence-electron chi connectivity index (χ0n) is 9.69. The summed E-state index contributed by atoms with van der Waals surface area (Å²) in [5, 5.41) is 12.6. The van der Waals surface area contributed by atoms with Crippen LogP contribution in [0.25, 0.3) is 0 Å². The van der Waals surface area contributed by atoms with Crippen LogP contribution in [0.4, 0.5) is 0 Å². The zero-order valence-corrected chi connectivity index (χ0v) is 9.69. The van der Waals surface area contributed by atoms with Gasteiger partial charge in [-0.15, -0.1) is 0 Å². The summed E-state index contributed by atoms with van der Waals surface area (Å²) in [5.74, 6) is -0.712. The molecular formula is C13H21NO2. The van der Waals surface area contributed by atoms with Crippen molar-refractivity contribution in [2.45, 2.75) is 57.0 Å². The highest BCUT2D eigenvalue weighted by Gasteiger charge is 2.26. The average molecular weight is 223 g/mol. The third-order valence-electron chi connectivity index (χ3n) is 3.78. The summed E-state index contributed by atoms with van der Waals surface area (Å²) in [7, 11) is 0. The first-order valence-corrected chi connectivity index (χ1v) is 6.41. The standard InChI is InChI=1S/C13H21NO2/c15-13(16)10-6-8-12(9-7-10)14-11-4-2-1-3-5-11/h2,4,10-12,14H,1,3,5-9H2,(H,15,16). The molecule has 0 aliphatic heterocycles. The quantitative estimate of drug-likeness (QED) is 0.722. The van der Waals surface area contributed by atoms with Gasteiger partial charge in [0.15, 0.2) is 0 Å². The molecule has 3 nitrogen and oxygen atoms in total. The van der Waals surface area contributed by atoms with Crippen LogP contribution in [0.15, 0.2) is 12.2 Å². The normalized spacial score (nSPS) is 34.9. The van der Waals surface area contributed by atoms with E-state index in [1.165, 1.54) is 19.3 Å². The summed E-state index contributed by atoms with van der Waals surface area (Å²) in [5.41, 5.74) is 0. The number of carbonyl (C=O) groups is 1. The van der Waals surface area contributed by atoms with Crippen molar-refractivity contribution in [3.05, 3.63) is 12.2 Å². The second-order valence-corrected chi connectivity index (χ2v) is 5.02. The van der Waals surface area contributed by atoms with Crippen molar-refractivity contribution < 1.29 is 9.90 Å². The molecule has 0 radical (unpaired) electrons. The number of hydrogen-bond acceptors (Lipinski definition) is 2. The second-order valence-electron chi connectivity index (χ2n) is 5.02. The minimum atomic E-state index is -0.615. The highest BCUT2D eigenvalue weighted by atomic mass is 16.4. The maximum Gasteiger partial charge on any atom is 0.306 e. The lowest BCUT2D eigenvalue weighted by atomic mass is 9.85. The second kappa shape index (κ2) is 5.48. The van der Waals surface area contributed by atoms with Crippen LogP contribution in [-0.4, -0.2) is 23.2 Å². The molecule has 0 aromatic rings. The van der Waals surface area contributed by atoms with E-state index in [0.29, 0.717) is 12.1 Å². The molecule has 2 N–H and O–H groups in total. The first-order chi connectivity index (χ1) is 7.75. The van der Waals surface area contributed by atoms with E-state index >= 15 is 0 Å². The molecule has 0 spiro atoms. The number of carboxylic acids is 1. The highest BCUT2D eigenvalue weighted by Crippen LogP contribution is 2.25. The van der Waals surface area contributed by atoms with E-state index in [2.05, 4.69) is 17.5 Å². The van der Waals surface area contributed by atoms with Gasteiger partial charge in [-0.2, -0.15) is 0 Å². The molecule has 0 bridgehead atoms. The summed E-state index contributed by atoms with van der Waals surface area (Å²) < 4.78 is 0. The Labute approximate surface area is 96.9 Å². The van der Waals surface area contributed by atoms with Crippen LogP contribution in [0.3, 0.4) is 0 Å². The minimum Gasteiger partial charge on any atom is -0.481 e. The fourth-order valence-electron chi connectivity index (χ4n) is 2.76. The molecule has 16 heavy (non-hydrogen) atoms. The van der Waals surface area contributed by atoms with Gasteiger partial charge in [0.25, 0.3) is 0 Å². The van der Waals surface area contributed by atoms with Crippen molar-refractivity contribution in [1.82, 2.24) is 5.32 Å².